The van der Waals surface area contributed by atoms with E-state index in [0.717, 1.165) is 16.0 Å². The van der Waals surface area contributed by atoms with Crippen LogP contribution in [0.2, 0.25) is 5.02 Å². The molecule has 1 heterocycles. The summed E-state index contributed by atoms with van der Waals surface area (Å²) >= 11 is 7.41. The lowest BCUT2D eigenvalue weighted by Gasteiger charge is -2.11. The first-order valence-corrected chi connectivity index (χ1v) is 15.0. The molecule has 44 heavy (non-hydrogen) atoms. The fourth-order valence-electron chi connectivity index (χ4n) is 4.17. The molecule has 0 bridgehead atoms. The van der Waals surface area contributed by atoms with E-state index in [-0.39, 0.29) is 17.4 Å². The molecule has 0 unspecified atom stereocenters. The molecule has 3 amide bonds. The van der Waals surface area contributed by atoms with Crippen LogP contribution in [0.1, 0.15) is 21.7 Å². The standard InChI is InChI=1S/C35H28ClN3O4S/c1-23-12-13-26(36)20-30(23)38-33(40)22-44-29-17-14-27(15-18-29)37-35(42)31(39-34(41)25-10-6-3-7-11-25)21-28-16-19-32(43-28)24-8-4-2-5-9-24/h2-21H,22H2,1H3,(H,37,42)(H,38,40)(H,39,41). The maximum Gasteiger partial charge on any atom is 0.272 e. The molecule has 5 rings (SSSR count). The van der Waals surface area contributed by atoms with Crippen molar-refractivity contribution >= 4 is 58.5 Å². The second kappa shape index (κ2) is 14.4. The third kappa shape index (κ3) is 8.28. The molecule has 0 aliphatic rings. The third-order valence-electron chi connectivity index (χ3n) is 6.46. The Morgan fingerprint density at radius 2 is 1.52 bits per heavy atom. The van der Waals surface area contributed by atoms with Gasteiger partial charge in [-0.25, -0.2) is 0 Å². The van der Waals surface area contributed by atoms with Crippen molar-refractivity contribution in [3.63, 3.8) is 0 Å². The molecule has 0 radical (unpaired) electrons. The number of hydrogen-bond acceptors (Lipinski definition) is 5. The Hall–Kier alpha value is -5.05. The first-order chi connectivity index (χ1) is 21.3. The number of anilines is 2. The van der Waals surface area contributed by atoms with Gasteiger partial charge in [0, 0.05) is 38.5 Å². The fraction of sp³-hybridized carbons (Fsp3) is 0.0571. The highest BCUT2D eigenvalue weighted by atomic mass is 35.5. The summed E-state index contributed by atoms with van der Waals surface area (Å²) in [5.74, 6) is 0.124. The highest BCUT2D eigenvalue weighted by Gasteiger charge is 2.16. The second-order valence-electron chi connectivity index (χ2n) is 9.72. The van der Waals surface area contributed by atoms with Gasteiger partial charge in [-0.1, -0.05) is 66.2 Å². The van der Waals surface area contributed by atoms with Crippen LogP contribution in [0, 0.1) is 6.92 Å². The van der Waals surface area contributed by atoms with Crippen LogP contribution in [-0.4, -0.2) is 23.5 Å². The third-order valence-corrected chi connectivity index (χ3v) is 7.70. The average molecular weight is 622 g/mol. The van der Waals surface area contributed by atoms with Crippen molar-refractivity contribution in [2.24, 2.45) is 0 Å². The molecule has 0 saturated carbocycles. The molecule has 5 aromatic rings. The molecule has 0 spiro atoms. The van der Waals surface area contributed by atoms with Crippen molar-refractivity contribution in [2.45, 2.75) is 11.8 Å². The van der Waals surface area contributed by atoms with Gasteiger partial charge in [-0.2, -0.15) is 0 Å². The molecular weight excluding hydrogens is 594 g/mol. The lowest BCUT2D eigenvalue weighted by Crippen LogP contribution is -2.30. The number of nitrogens with one attached hydrogen (secondary N) is 3. The quantitative estimate of drug-likeness (QED) is 0.108. The first kappa shape index (κ1) is 30.4. The van der Waals surface area contributed by atoms with Crippen molar-refractivity contribution in [1.29, 1.82) is 0 Å². The Balaban J connectivity index is 1.26. The van der Waals surface area contributed by atoms with E-state index >= 15 is 0 Å². The normalized spacial score (nSPS) is 11.1. The number of thioether (sulfide) groups is 1. The highest BCUT2D eigenvalue weighted by molar-refractivity contribution is 8.00. The SMILES string of the molecule is Cc1ccc(Cl)cc1NC(=O)CSc1ccc(NC(=O)C(=Cc2ccc(-c3ccccc3)o2)NC(=O)c2ccccc2)cc1. The van der Waals surface area contributed by atoms with Crippen molar-refractivity contribution < 1.29 is 18.8 Å². The van der Waals surface area contributed by atoms with E-state index in [4.69, 9.17) is 16.0 Å². The lowest BCUT2D eigenvalue weighted by molar-refractivity contribution is -0.114. The van der Waals surface area contributed by atoms with Gasteiger partial charge in [0.15, 0.2) is 0 Å². The minimum Gasteiger partial charge on any atom is -0.457 e. The van der Waals surface area contributed by atoms with Gasteiger partial charge >= 0.3 is 0 Å². The summed E-state index contributed by atoms with van der Waals surface area (Å²) in [6.07, 6.45) is 1.49. The highest BCUT2D eigenvalue weighted by Crippen LogP contribution is 2.25. The smallest absolute Gasteiger partial charge is 0.272 e. The van der Waals surface area contributed by atoms with Gasteiger partial charge in [0.05, 0.1) is 5.75 Å². The lowest BCUT2D eigenvalue weighted by atomic mass is 10.2. The van der Waals surface area contributed by atoms with Crippen LogP contribution >= 0.6 is 23.4 Å². The molecule has 220 valence electrons. The molecule has 4 aromatic carbocycles. The molecule has 0 atom stereocenters. The Labute approximate surface area is 264 Å². The van der Waals surface area contributed by atoms with E-state index in [0.29, 0.717) is 33.5 Å². The Kier molecular flexibility index (Phi) is 9.96. The number of aryl methyl sites for hydroxylation is 1. The molecule has 0 aliphatic heterocycles. The summed E-state index contributed by atoms with van der Waals surface area (Å²) in [4.78, 5) is 39.7. The average Bonchev–Trinajstić information content (AvgIpc) is 3.51. The number of benzene rings is 4. The molecule has 0 aliphatic carbocycles. The molecule has 9 heteroatoms. The number of halogens is 1. The second-order valence-corrected chi connectivity index (χ2v) is 11.2. The summed E-state index contributed by atoms with van der Waals surface area (Å²) in [6, 6.07) is 34.2. The maximum atomic E-state index is 13.4. The van der Waals surface area contributed by atoms with Crippen LogP contribution in [0.3, 0.4) is 0 Å². The van der Waals surface area contributed by atoms with Crippen molar-refractivity contribution in [2.75, 3.05) is 16.4 Å². The van der Waals surface area contributed by atoms with Gasteiger partial charge in [0.1, 0.15) is 17.2 Å². The van der Waals surface area contributed by atoms with Crippen LogP contribution in [0.4, 0.5) is 11.4 Å². The Morgan fingerprint density at radius 1 is 0.818 bits per heavy atom. The van der Waals surface area contributed by atoms with Crippen molar-refractivity contribution in [1.82, 2.24) is 5.32 Å². The van der Waals surface area contributed by atoms with Crippen LogP contribution in [-0.2, 0) is 9.59 Å². The monoisotopic (exact) mass is 621 g/mol. The van der Waals surface area contributed by atoms with Gasteiger partial charge in [-0.05, 0) is 73.2 Å². The number of rotatable bonds is 10. The molecule has 3 N–H and O–H groups in total. The minimum absolute atomic E-state index is 0.0132. The van der Waals surface area contributed by atoms with Crippen LogP contribution in [0.15, 0.2) is 130 Å². The van der Waals surface area contributed by atoms with Gasteiger partial charge in [-0.3, -0.25) is 14.4 Å². The van der Waals surface area contributed by atoms with Crippen molar-refractivity contribution in [3.05, 3.63) is 143 Å². The molecule has 1 aromatic heterocycles. The first-order valence-electron chi connectivity index (χ1n) is 13.7. The van der Waals surface area contributed by atoms with E-state index in [2.05, 4.69) is 16.0 Å². The minimum atomic E-state index is -0.524. The number of carbonyl (C=O) groups is 3. The predicted octanol–water partition coefficient (Wildman–Crippen LogP) is 8.05. The van der Waals surface area contributed by atoms with E-state index in [9.17, 15) is 14.4 Å². The summed E-state index contributed by atoms with van der Waals surface area (Å²) in [7, 11) is 0. The van der Waals surface area contributed by atoms with Gasteiger partial charge in [-0.15, -0.1) is 11.8 Å². The molecular formula is C35H28ClN3O4S. The summed E-state index contributed by atoms with van der Waals surface area (Å²) in [5, 5.41) is 8.98. The summed E-state index contributed by atoms with van der Waals surface area (Å²) < 4.78 is 5.95. The largest absolute Gasteiger partial charge is 0.457 e. The van der Waals surface area contributed by atoms with Crippen molar-refractivity contribution in [3.8, 4) is 11.3 Å². The van der Waals surface area contributed by atoms with E-state index in [1.165, 1.54) is 17.8 Å². The topological polar surface area (TPSA) is 100 Å². The molecule has 0 saturated heterocycles. The Bertz CT molecular complexity index is 1800. The summed E-state index contributed by atoms with van der Waals surface area (Å²) in [6.45, 7) is 1.90. The van der Waals surface area contributed by atoms with Gasteiger partial charge in [0.25, 0.3) is 11.8 Å². The van der Waals surface area contributed by atoms with Crippen LogP contribution in [0.25, 0.3) is 17.4 Å². The maximum absolute atomic E-state index is 13.4. The fourth-order valence-corrected chi connectivity index (χ4v) is 5.04. The molecule has 0 fully saturated rings. The van der Waals surface area contributed by atoms with Gasteiger partial charge in [0.2, 0.25) is 5.91 Å². The number of hydrogen-bond donors (Lipinski definition) is 3. The summed E-state index contributed by atoms with van der Waals surface area (Å²) in [5.41, 5.74) is 3.43. The predicted molar refractivity (Wildman–Crippen MR) is 177 cm³/mol. The zero-order chi connectivity index (χ0) is 30.9. The van der Waals surface area contributed by atoms with E-state index in [1.54, 1.807) is 54.6 Å². The Morgan fingerprint density at radius 3 is 2.25 bits per heavy atom. The van der Waals surface area contributed by atoms with Gasteiger partial charge < -0.3 is 20.4 Å². The van der Waals surface area contributed by atoms with Crippen LogP contribution < -0.4 is 16.0 Å². The number of furan rings is 1. The number of carbonyl (C=O) groups excluding carboxylic acids is 3. The number of amides is 3. The molecule has 7 nitrogen and oxygen atoms in total. The zero-order valence-electron chi connectivity index (χ0n) is 23.7. The van der Waals surface area contributed by atoms with E-state index in [1.807, 2.05) is 67.6 Å². The van der Waals surface area contributed by atoms with E-state index < -0.39 is 11.8 Å². The van der Waals surface area contributed by atoms with Crippen LogP contribution in [0.5, 0.6) is 0 Å². The zero-order valence-corrected chi connectivity index (χ0v) is 25.2.